The van der Waals surface area contributed by atoms with Crippen molar-refractivity contribution in [3.8, 4) is 0 Å². The molecule has 0 bridgehead atoms. The summed E-state index contributed by atoms with van der Waals surface area (Å²) in [4.78, 5) is 11.5. The SMILES string of the molecule is O=C(O)[C@H]1[C@@H](CO)CCC[C@H]1c1ccc(Br)cc1. The van der Waals surface area contributed by atoms with Crippen LogP contribution in [0.15, 0.2) is 28.7 Å². The number of aliphatic hydroxyl groups is 1. The van der Waals surface area contributed by atoms with Gasteiger partial charge in [-0.25, -0.2) is 0 Å². The van der Waals surface area contributed by atoms with Gasteiger partial charge in [-0.2, -0.15) is 0 Å². The standard InChI is InChI=1S/C14H17BrO3/c15-11-6-4-9(5-7-11)12-3-1-2-10(8-16)13(12)14(17)18/h4-7,10,12-13,16H,1-3,8H2,(H,17,18)/t10-,12+,13+/m1/s1. The van der Waals surface area contributed by atoms with Crippen LogP contribution in [-0.4, -0.2) is 22.8 Å². The van der Waals surface area contributed by atoms with E-state index >= 15 is 0 Å². The van der Waals surface area contributed by atoms with Gasteiger partial charge in [-0.05, 0) is 42.4 Å². The van der Waals surface area contributed by atoms with E-state index < -0.39 is 11.9 Å². The summed E-state index contributed by atoms with van der Waals surface area (Å²) in [5.41, 5.74) is 1.06. The molecule has 2 rings (SSSR count). The number of rotatable bonds is 3. The zero-order valence-corrected chi connectivity index (χ0v) is 11.6. The van der Waals surface area contributed by atoms with Crippen molar-refractivity contribution in [3.63, 3.8) is 0 Å². The third-order valence-electron chi connectivity index (χ3n) is 3.85. The molecule has 1 fully saturated rings. The number of aliphatic hydroxyl groups excluding tert-OH is 1. The molecule has 2 N–H and O–H groups in total. The van der Waals surface area contributed by atoms with Gasteiger partial charge in [0.15, 0.2) is 0 Å². The summed E-state index contributed by atoms with van der Waals surface area (Å²) in [6.07, 6.45) is 2.67. The number of hydrogen-bond acceptors (Lipinski definition) is 2. The van der Waals surface area contributed by atoms with Crippen LogP contribution in [0.1, 0.15) is 30.7 Å². The fourth-order valence-corrected chi connectivity index (χ4v) is 3.21. The first-order chi connectivity index (χ1) is 8.63. The Labute approximate surface area is 115 Å². The molecule has 18 heavy (non-hydrogen) atoms. The summed E-state index contributed by atoms with van der Waals surface area (Å²) in [7, 11) is 0. The Morgan fingerprint density at radius 2 is 1.94 bits per heavy atom. The van der Waals surface area contributed by atoms with E-state index in [0.717, 1.165) is 29.3 Å². The van der Waals surface area contributed by atoms with Crippen LogP contribution in [0.3, 0.4) is 0 Å². The first-order valence-corrected chi connectivity index (χ1v) is 7.02. The Bertz CT molecular complexity index is 416. The molecule has 1 saturated carbocycles. The van der Waals surface area contributed by atoms with Crippen molar-refractivity contribution in [3.05, 3.63) is 34.3 Å². The highest BCUT2D eigenvalue weighted by Gasteiger charge is 2.38. The van der Waals surface area contributed by atoms with Crippen molar-refractivity contribution in [2.45, 2.75) is 25.2 Å². The normalized spacial score (nSPS) is 28.0. The van der Waals surface area contributed by atoms with Gasteiger partial charge < -0.3 is 10.2 Å². The van der Waals surface area contributed by atoms with Crippen LogP contribution >= 0.6 is 15.9 Å². The van der Waals surface area contributed by atoms with Gasteiger partial charge >= 0.3 is 5.97 Å². The summed E-state index contributed by atoms with van der Waals surface area (Å²) in [5, 5.41) is 18.8. The minimum atomic E-state index is -0.790. The smallest absolute Gasteiger partial charge is 0.307 e. The van der Waals surface area contributed by atoms with E-state index in [-0.39, 0.29) is 18.4 Å². The molecule has 1 aromatic carbocycles. The molecular weight excluding hydrogens is 296 g/mol. The molecule has 98 valence electrons. The average molecular weight is 313 g/mol. The van der Waals surface area contributed by atoms with Crippen molar-refractivity contribution in [2.24, 2.45) is 11.8 Å². The fourth-order valence-electron chi connectivity index (χ4n) is 2.95. The summed E-state index contributed by atoms with van der Waals surface area (Å²) in [6.45, 7) is -0.0377. The van der Waals surface area contributed by atoms with Crippen molar-refractivity contribution < 1.29 is 15.0 Å². The second-order valence-corrected chi connectivity index (χ2v) is 5.81. The molecule has 1 aliphatic rings. The van der Waals surface area contributed by atoms with E-state index in [0.29, 0.717) is 0 Å². The highest BCUT2D eigenvalue weighted by atomic mass is 79.9. The van der Waals surface area contributed by atoms with Crippen LogP contribution in [-0.2, 0) is 4.79 Å². The first-order valence-electron chi connectivity index (χ1n) is 6.22. The zero-order chi connectivity index (χ0) is 13.1. The zero-order valence-electron chi connectivity index (χ0n) is 10.1. The van der Waals surface area contributed by atoms with Gasteiger partial charge in [0.1, 0.15) is 0 Å². The number of carboxylic acids is 1. The Morgan fingerprint density at radius 3 is 2.50 bits per heavy atom. The maximum atomic E-state index is 11.5. The van der Waals surface area contributed by atoms with Gasteiger partial charge in [-0.3, -0.25) is 4.79 Å². The van der Waals surface area contributed by atoms with Crippen molar-refractivity contribution in [2.75, 3.05) is 6.61 Å². The van der Waals surface area contributed by atoms with Gasteiger partial charge in [0.2, 0.25) is 0 Å². The molecule has 0 aromatic heterocycles. The molecule has 3 atom stereocenters. The molecule has 0 heterocycles. The number of hydrogen-bond donors (Lipinski definition) is 2. The maximum Gasteiger partial charge on any atom is 0.307 e. The van der Waals surface area contributed by atoms with E-state index in [1.54, 1.807) is 0 Å². The van der Waals surface area contributed by atoms with E-state index in [4.69, 9.17) is 0 Å². The van der Waals surface area contributed by atoms with Gasteiger partial charge in [0.05, 0.1) is 5.92 Å². The lowest BCUT2D eigenvalue weighted by Crippen LogP contribution is -2.35. The molecule has 0 spiro atoms. The highest BCUT2D eigenvalue weighted by Crippen LogP contribution is 2.41. The molecular formula is C14H17BrO3. The fraction of sp³-hybridized carbons (Fsp3) is 0.500. The van der Waals surface area contributed by atoms with E-state index in [2.05, 4.69) is 15.9 Å². The van der Waals surface area contributed by atoms with Gasteiger partial charge in [-0.1, -0.05) is 34.5 Å². The highest BCUT2D eigenvalue weighted by molar-refractivity contribution is 9.10. The number of benzene rings is 1. The number of halogens is 1. The Hall–Kier alpha value is -0.870. The third-order valence-corrected chi connectivity index (χ3v) is 4.38. The van der Waals surface area contributed by atoms with Gasteiger partial charge in [0, 0.05) is 11.1 Å². The molecule has 0 unspecified atom stereocenters. The molecule has 3 nitrogen and oxygen atoms in total. The number of carboxylic acid groups (broad SMARTS) is 1. The molecule has 0 saturated heterocycles. The summed E-state index contributed by atoms with van der Waals surface area (Å²) < 4.78 is 0.993. The predicted octanol–water partition coefficient (Wildman–Crippen LogP) is 3.03. The van der Waals surface area contributed by atoms with E-state index in [1.807, 2.05) is 24.3 Å². The van der Waals surface area contributed by atoms with Crippen LogP contribution in [0.25, 0.3) is 0 Å². The summed E-state index contributed by atoms with van der Waals surface area (Å²) in [6, 6.07) is 7.84. The second kappa shape index (κ2) is 5.85. The molecule has 1 aliphatic carbocycles. The number of aliphatic carboxylic acids is 1. The van der Waals surface area contributed by atoms with Crippen molar-refractivity contribution >= 4 is 21.9 Å². The average Bonchev–Trinajstić information content (AvgIpc) is 2.38. The third kappa shape index (κ3) is 2.75. The largest absolute Gasteiger partial charge is 0.481 e. The predicted molar refractivity (Wildman–Crippen MR) is 72.4 cm³/mol. The van der Waals surface area contributed by atoms with E-state index in [9.17, 15) is 15.0 Å². The Balaban J connectivity index is 2.28. The quantitative estimate of drug-likeness (QED) is 0.902. The molecule has 0 radical (unpaired) electrons. The van der Waals surface area contributed by atoms with E-state index in [1.165, 1.54) is 0 Å². The van der Waals surface area contributed by atoms with Crippen molar-refractivity contribution in [1.82, 2.24) is 0 Å². The lowest BCUT2D eigenvalue weighted by Gasteiger charge is -2.35. The minimum Gasteiger partial charge on any atom is -0.481 e. The monoisotopic (exact) mass is 312 g/mol. The topological polar surface area (TPSA) is 57.5 Å². The molecule has 0 aliphatic heterocycles. The molecule has 1 aromatic rings. The van der Waals surface area contributed by atoms with Crippen LogP contribution in [0, 0.1) is 11.8 Å². The molecule has 0 amide bonds. The van der Waals surface area contributed by atoms with Crippen LogP contribution in [0.4, 0.5) is 0 Å². The molecule has 4 heteroatoms. The Morgan fingerprint density at radius 1 is 1.28 bits per heavy atom. The van der Waals surface area contributed by atoms with Crippen molar-refractivity contribution in [1.29, 1.82) is 0 Å². The van der Waals surface area contributed by atoms with Crippen LogP contribution < -0.4 is 0 Å². The maximum absolute atomic E-state index is 11.5. The minimum absolute atomic E-state index is 0.0153. The van der Waals surface area contributed by atoms with Gasteiger partial charge in [-0.15, -0.1) is 0 Å². The number of carbonyl (C=O) groups is 1. The summed E-state index contributed by atoms with van der Waals surface area (Å²) >= 11 is 3.38. The second-order valence-electron chi connectivity index (χ2n) is 4.90. The summed E-state index contributed by atoms with van der Waals surface area (Å²) in [5.74, 6) is -1.36. The Kier molecular flexibility index (Phi) is 4.40. The van der Waals surface area contributed by atoms with Crippen LogP contribution in [0.2, 0.25) is 0 Å². The lowest BCUT2D eigenvalue weighted by atomic mass is 9.69. The first kappa shape index (κ1) is 13.6. The van der Waals surface area contributed by atoms with Gasteiger partial charge in [0.25, 0.3) is 0 Å². The van der Waals surface area contributed by atoms with Crippen LogP contribution in [0.5, 0.6) is 0 Å². The lowest BCUT2D eigenvalue weighted by molar-refractivity contribution is -0.146.